The lowest BCUT2D eigenvalue weighted by molar-refractivity contribution is 0.563. The molecule has 0 atom stereocenters. The molecule has 0 bridgehead atoms. The number of carbonyl (C=O) groups excluding carboxylic acids is 1. The number of rotatable bonds is 2. The molecule has 0 saturated carbocycles. The summed E-state index contributed by atoms with van der Waals surface area (Å²) in [6, 6.07) is 1.53. The van der Waals surface area contributed by atoms with Crippen molar-refractivity contribution >= 4 is 35.1 Å². The average Bonchev–Trinajstić information content (AvgIpc) is 2.30. The molecule has 1 heterocycles. The highest BCUT2D eigenvalue weighted by molar-refractivity contribution is 8.00. The van der Waals surface area contributed by atoms with Crippen molar-refractivity contribution in [3.05, 3.63) is 10.9 Å². The fraction of sp³-hybridized carbons (Fsp3) is 0.167. The maximum absolute atomic E-state index is 10.1. The first kappa shape index (κ1) is 7.63. The second kappa shape index (κ2) is 3.07. The van der Waals surface area contributed by atoms with Gasteiger partial charge in [-0.25, -0.2) is 0 Å². The van der Waals surface area contributed by atoms with Crippen LogP contribution in [0.5, 0.6) is 0 Å². The van der Waals surface area contributed by atoms with E-state index < -0.39 is 0 Å². The topological polar surface area (TPSA) is 40.9 Å². The largest absolute Gasteiger partial charge is 0.299 e. The van der Waals surface area contributed by atoms with Crippen LogP contribution in [0.25, 0.3) is 0 Å². The molecule has 0 saturated heterocycles. The van der Waals surface area contributed by atoms with Crippen LogP contribution >= 0.6 is 23.1 Å². The number of thioether (sulfide) groups is 1. The van der Waals surface area contributed by atoms with Crippen LogP contribution in [0.3, 0.4) is 0 Å². The first-order valence-electron chi connectivity index (χ1n) is 2.55. The van der Waals surface area contributed by atoms with Gasteiger partial charge in [-0.2, -0.15) is 0 Å². The van der Waals surface area contributed by atoms with Gasteiger partial charge < -0.3 is 0 Å². The molecule has 0 unspecified atom stereocenters. The lowest BCUT2D eigenvalue weighted by atomic mass is 10.5. The third-order valence-electron chi connectivity index (χ3n) is 0.984. The van der Waals surface area contributed by atoms with Gasteiger partial charge in [-0.1, -0.05) is 0 Å². The molecule has 0 fully saturated rings. The molecule has 10 heavy (non-hydrogen) atoms. The van der Waals surface area contributed by atoms with E-state index in [0.29, 0.717) is 10.6 Å². The first-order chi connectivity index (χ1) is 4.77. The molecule has 2 nitrogen and oxygen atoms in total. The molecule has 1 N–H and O–H groups in total. The molecule has 0 aliphatic heterocycles. The molecule has 0 spiro atoms. The van der Waals surface area contributed by atoms with Crippen LogP contribution in [-0.4, -0.2) is 12.5 Å². The van der Waals surface area contributed by atoms with Gasteiger partial charge in [0, 0.05) is 0 Å². The molecule has 0 aromatic carbocycles. The highest BCUT2D eigenvalue weighted by Crippen LogP contribution is 2.32. The Hall–Kier alpha value is -0.480. The van der Waals surface area contributed by atoms with E-state index in [0.717, 1.165) is 4.21 Å². The molecular formula is C6H5NOS2. The Morgan fingerprint density at radius 1 is 1.80 bits per heavy atom. The summed E-state index contributed by atoms with van der Waals surface area (Å²) in [6.07, 6.45) is 3.65. The monoisotopic (exact) mass is 171 g/mol. The normalized spacial score (nSPS) is 9.70. The standard InChI is InChI=1S/C6H5NOS2/c1-9-6-5(7)2-4(3-8)10-6/h2,7H,1H3. The summed E-state index contributed by atoms with van der Waals surface area (Å²) in [5.74, 6) is 0. The van der Waals surface area contributed by atoms with Crippen molar-refractivity contribution in [3.63, 3.8) is 0 Å². The van der Waals surface area contributed by atoms with Gasteiger partial charge >= 0.3 is 0 Å². The Balaban J connectivity index is 3.03. The predicted octanol–water partition coefficient (Wildman–Crippen LogP) is 1.84. The van der Waals surface area contributed by atoms with Gasteiger partial charge in [0.25, 0.3) is 0 Å². The Morgan fingerprint density at radius 3 is 2.80 bits per heavy atom. The fourth-order valence-electron chi connectivity index (χ4n) is 0.576. The van der Waals surface area contributed by atoms with Gasteiger partial charge in [0.1, 0.15) is 0 Å². The summed E-state index contributed by atoms with van der Waals surface area (Å²) in [4.78, 5) is 10.6. The van der Waals surface area contributed by atoms with Crippen molar-refractivity contribution in [2.24, 2.45) is 0 Å². The van der Waals surface area contributed by atoms with Crippen LogP contribution in [-0.2, 0) is 4.79 Å². The van der Waals surface area contributed by atoms with Crippen LogP contribution in [0.2, 0.25) is 0 Å². The lowest BCUT2D eigenvalue weighted by Crippen LogP contribution is -1.65. The van der Waals surface area contributed by atoms with E-state index in [9.17, 15) is 4.79 Å². The maximum Gasteiger partial charge on any atom is 0.244 e. The second-order valence-electron chi connectivity index (χ2n) is 1.62. The van der Waals surface area contributed by atoms with Crippen molar-refractivity contribution in [3.8, 4) is 0 Å². The Labute approximate surface area is 67.4 Å². The molecule has 1 aromatic heterocycles. The Bertz CT molecular complexity index is 244. The minimum absolute atomic E-state index is 0.427. The molecular weight excluding hydrogens is 166 g/mol. The lowest BCUT2D eigenvalue weighted by Gasteiger charge is -1.86. The summed E-state index contributed by atoms with van der Waals surface area (Å²) < 4.78 is 0.873. The zero-order valence-corrected chi connectivity index (χ0v) is 6.94. The van der Waals surface area contributed by atoms with E-state index in [-0.39, 0.29) is 0 Å². The van der Waals surface area contributed by atoms with Gasteiger partial charge in [-0.05, 0) is 12.3 Å². The zero-order chi connectivity index (χ0) is 7.56. The Kier molecular flexibility index (Phi) is 2.34. The van der Waals surface area contributed by atoms with Crippen LogP contribution in [0.1, 0.15) is 4.88 Å². The minimum atomic E-state index is 0.427. The molecule has 0 amide bonds. The summed E-state index contributed by atoms with van der Waals surface area (Å²) in [5, 5.41) is 0. The van der Waals surface area contributed by atoms with Gasteiger partial charge in [0.2, 0.25) is 6.29 Å². The average molecular weight is 171 g/mol. The van der Waals surface area contributed by atoms with Crippen LogP contribution < -0.4 is 5.73 Å². The van der Waals surface area contributed by atoms with Crippen molar-refractivity contribution in [2.75, 3.05) is 6.26 Å². The molecule has 0 aliphatic carbocycles. The smallest absolute Gasteiger partial charge is 0.244 e. The van der Waals surface area contributed by atoms with Crippen molar-refractivity contribution in [1.29, 1.82) is 0 Å². The van der Waals surface area contributed by atoms with Gasteiger partial charge in [0.05, 0.1) is 14.8 Å². The Morgan fingerprint density at radius 2 is 2.50 bits per heavy atom. The highest BCUT2D eigenvalue weighted by atomic mass is 32.2. The third-order valence-corrected chi connectivity index (χ3v) is 3.15. The van der Waals surface area contributed by atoms with Gasteiger partial charge in [-0.15, -0.1) is 23.1 Å². The predicted molar refractivity (Wildman–Crippen MR) is 43.7 cm³/mol. The number of nitrogens with one attached hydrogen (secondary N) is 1. The molecule has 52 valence electrons. The maximum atomic E-state index is 10.1. The van der Waals surface area contributed by atoms with E-state index in [1.165, 1.54) is 29.2 Å². The molecule has 4 heteroatoms. The zero-order valence-electron chi connectivity index (χ0n) is 5.30. The van der Waals surface area contributed by atoms with Crippen LogP contribution in [0.4, 0.5) is 5.69 Å². The number of hydrogen-bond acceptors (Lipinski definition) is 3. The fourth-order valence-corrected chi connectivity index (χ4v) is 2.04. The summed E-state index contributed by atoms with van der Waals surface area (Å²) in [7, 11) is 0. The van der Waals surface area contributed by atoms with E-state index in [4.69, 9.17) is 5.73 Å². The van der Waals surface area contributed by atoms with Crippen molar-refractivity contribution in [1.82, 2.24) is 5.73 Å². The highest BCUT2D eigenvalue weighted by Gasteiger charge is 2.04. The van der Waals surface area contributed by atoms with Crippen LogP contribution in [0.15, 0.2) is 10.3 Å². The first-order valence-corrected chi connectivity index (χ1v) is 4.59. The molecule has 0 aliphatic rings. The quantitative estimate of drug-likeness (QED) is 0.637. The summed E-state index contributed by atoms with van der Waals surface area (Å²) >= 11 is 2.80. The van der Waals surface area contributed by atoms with Crippen LogP contribution in [0, 0.1) is 0 Å². The number of thiophene rings is 1. The van der Waals surface area contributed by atoms with E-state index in [1.54, 1.807) is 6.29 Å². The van der Waals surface area contributed by atoms with E-state index >= 15 is 0 Å². The molecule has 1 aromatic rings. The van der Waals surface area contributed by atoms with Crippen molar-refractivity contribution < 1.29 is 4.79 Å². The second-order valence-corrected chi connectivity index (χ2v) is 3.75. The SMILES string of the molecule is CSc1sc([C]=O)cc1[NH]. The van der Waals surface area contributed by atoms with Gasteiger partial charge in [0.15, 0.2) is 0 Å². The van der Waals surface area contributed by atoms with Crippen molar-refractivity contribution in [2.45, 2.75) is 4.21 Å². The summed E-state index contributed by atoms with van der Waals surface area (Å²) in [6.45, 7) is 0. The number of hydrogen-bond donors (Lipinski definition) is 0. The van der Waals surface area contributed by atoms with E-state index in [1.807, 2.05) is 6.26 Å². The molecule has 2 radical (unpaired) electrons. The minimum Gasteiger partial charge on any atom is -0.299 e. The van der Waals surface area contributed by atoms with E-state index in [2.05, 4.69) is 0 Å². The molecule has 1 rings (SSSR count). The van der Waals surface area contributed by atoms with Gasteiger partial charge in [-0.3, -0.25) is 10.5 Å². The third kappa shape index (κ3) is 1.33. The summed E-state index contributed by atoms with van der Waals surface area (Å²) in [5.41, 5.74) is 7.73.